The predicted octanol–water partition coefficient (Wildman–Crippen LogP) is 3.63. The van der Waals surface area contributed by atoms with Crippen LogP contribution in [0.3, 0.4) is 0 Å². The third-order valence-corrected chi connectivity index (χ3v) is 5.50. The van der Waals surface area contributed by atoms with Crippen LogP contribution in [0.1, 0.15) is 25.3 Å². The molecule has 0 spiro atoms. The van der Waals surface area contributed by atoms with E-state index in [-0.39, 0.29) is 30.8 Å². The molecule has 2 N–H and O–H groups in total. The molecule has 0 unspecified atom stereocenters. The molecule has 8 heteroatoms. The van der Waals surface area contributed by atoms with Crippen molar-refractivity contribution in [2.45, 2.75) is 32.4 Å². The fourth-order valence-corrected chi connectivity index (χ4v) is 3.88. The topological polar surface area (TPSA) is 67.4 Å². The molecular formula is C24H33IN4O3. The molecule has 0 radical (unpaired) electrons. The fraction of sp³-hybridized carbons (Fsp3) is 0.458. The molecule has 0 amide bonds. The summed E-state index contributed by atoms with van der Waals surface area (Å²) in [7, 11) is 0. The van der Waals surface area contributed by atoms with Crippen LogP contribution >= 0.6 is 24.0 Å². The van der Waals surface area contributed by atoms with Crippen molar-refractivity contribution in [1.82, 2.24) is 15.5 Å². The molecule has 1 saturated heterocycles. The minimum Gasteiger partial charge on any atom is -0.492 e. The van der Waals surface area contributed by atoms with Gasteiger partial charge in [0.15, 0.2) is 17.5 Å². The molecule has 7 nitrogen and oxygen atoms in total. The average Bonchev–Trinajstić information content (AvgIpc) is 3.27. The van der Waals surface area contributed by atoms with Crippen LogP contribution in [0, 0.1) is 0 Å². The van der Waals surface area contributed by atoms with Crippen LogP contribution in [0.25, 0.3) is 0 Å². The maximum absolute atomic E-state index is 5.82. The van der Waals surface area contributed by atoms with Crippen molar-refractivity contribution in [3.8, 4) is 17.2 Å². The Morgan fingerprint density at radius 1 is 1.09 bits per heavy atom. The number of hydrogen-bond acceptors (Lipinski definition) is 5. The number of ether oxygens (including phenoxy) is 3. The number of benzene rings is 2. The van der Waals surface area contributed by atoms with Crippen LogP contribution in [0.5, 0.6) is 17.2 Å². The summed E-state index contributed by atoms with van der Waals surface area (Å²) < 4.78 is 16.5. The molecule has 0 aromatic heterocycles. The first-order chi connectivity index (χ1) is 15.3. The Bertz CT molecular complexity index is 858. The lowest BCUT2D eigenvalue weighted by Crippen LogP contribution is -2.48. The number of aliphatic imine (C=N–C) groups is 1. The monoisotopic (exact) mass is 552 g/mol. The number of rotatable bonds is 8. The largest absolute Gasteiger partial charge is 0.492 e. The zero-order valence-corrected chi connectivity index (χ0v) is 20.9. The second-order valence-corrected chi connectivity index (χ2v) is 7.80. The highest BCUT2D eigenvalue weighted by Gasteiger charge is 2.20. The molecule has 2 aromatic carbocycles. The van der Waals surface area contributed by atoms with Gasteiger partial charge in [-0.3, -0.25) is 4.90 Å². The van der Waals surface area contributed by atoms with Gasteiger partial charge >= 0.3 is 0 Å². The zero-order chi connectivity index (χ0) is 21.3. The Kier molecular flexibility index (Phi) is 9.73. The first-order valence-electron chi connectivity index (χ1n) is 11.1. The summed E-state index contributed by atoms with van der Waals surface area (Å²) in [4.78, 5) is 7.21. The standard InChI is InChI=1S/C24H32N4O3.HI/c1-2-25-24(26-12-15-29-21-8-9-22-23(16-21)31-18-30-22)27-20-10-13-28(14-11-20)17-19-6-4-3-5-7-19;/h3-9,16,20H,2,10-15,17-18H2,1H3,(H2,25,26,27);1H. The van der Waals surface area contributed by atoms with Gasteiger partial charge in [-0.05, 0) is 37.5 Å². The number of halogens is 1. The van der Waals surface area contributed by atoms with Crippen LogP contribution in [0.4, 0.5) is 0 Å². The third-order valence-electron chi connectivity index (χ3n) is 5.50. The lowest BCUT2D eigenvalue weighted by molar-refractivity contribution is 0.173. The fourth-order valence-electron chi connectivity index (χ4n) is 3.88. The van der Waals surface area contributed by atoms with Gasteiger partial charge in [0.25, 0.3) is 0 Å². The summed E-state index contributed by atoms with van der Waals surface area (Å²) in [6.07, 6.45) is 2.23. The van der Waals surface area contributed by atoms with E-state index in [1.54, 1.807) is 0 Å². The van der Waals surface area contributed by atoms with Gasteiger partial charge in [-0.2, -0.15) is 0 Å². The summed E-state index contributed by atoms with van der Waals surface area (Å²) in [5.41, 5.74) is 1.38. The molecule has 2 aliphatic heterocycles. The van der Waals surface area contributed by atoms with Gasteiger partial charge in [0, 0.05) is 38.3 Å². The van der Waals surface area contributed by atoms with E-state index in [1.807, 2.05) is 18.2 Å². The Balaban J connectivity index is 0.00000289. The molecule has 2 heterocycles. The average molecular weight is 552 g/mol. The molecule has 0 bridgehead atoms. The lowest BCUT2D eigenvalue weighted by Gasteiger charge is -2.33. The summed E-state index contributed by atoms with van der Waals surface area (Å²) in [5, 5.41) is 6.94. The molecule has 174 valence electrons. The normalized spacial score (nSPS) is 16.3. The summed E-state index contributed by atoms with van der Waals surface area (Å²) in [5.74, 6) is 3.12. The van der Waals surface area contributed by atoms with Crippen molar-refractivity contribution in [2.24, 2.45) is 4.99 Å². The van der Waals surface area contributed by atoms with E-state index in [9.17, 15) is 0 Å². The first-order valence-corrected chi connectivity index (χ1v) is 11.1. The summed E-state index contributed by atoms with van der Waals surface area (Å²) in [6, 6.07) is 16.8. The van der Waals surface area contributed by atoms with E-state index in [0.717, 1.165) is 62.2 Å². The first kappa shape index (κ1) is 24.4. The third kappa shape index (κ3) is 7.16. The van der Waals surface area contributed by atoms with E-state index in [0.29, 0.717) is 19.2 Å². The maximum Gasteiger partial charge on any atom is 0.231 e. The van der Waals surface area contributed by atoms with E-state index in [1.165, 1.54) is 5.56 Å². The number of nitrogens with zero attached hydrogens (tertiary/aromatic N) is 2. The SMILES string of the molecule is CCNC(=NCCOc1ccc2c(c1)OCO2)NC1CCN(Cc2ccccc2)CC1.I. The molecule has 2 aromatic rings. The lowest BCUT2D eigenvalue weighted by atomic mass is 10.0. The van der Waals surface area contributed by atoms with Gasteiger partial charge in [-0.1, -0.05) is 30.3 Å². The second-order valence-electron chi connectivity index (χ2n) is 7.80. The highest BCUT2D eigenvalue weighted by atomic mass is 127. The van der Waals surface area contributed by atoms with Crippen LogP contribution in [0.2, 0.25) is 0 Å². The van der Waals surface area contributed by atoms with Gasteiger partial charge < -0.3 is 24.8 Å². The van der Waals surface area contributed by atoms with E-state index >= 15 is 0 Å². The van der Waals surface area contributed by atoms with Crippen LogP contribution in [-0.2, 0) is 6.54 Å². The van der Waals surface area contributed by atoms with Gasteiger partial charge in [-0.15, -0.1) is 24.0 Å². The molecular weight excluding hydrogens is 519 g/mol. The van der Waals surface area contributed by atoms with Gasteiger partial charge in [-0.25, -0.2) is 4.99 Å². The zero-order valence-electron chi connectivity index (χ0n) is 18.6. The quantitative estimate of drug-likeness (QED) is 0.226. The van der Waals surface area contributed by atoms with Crippen molar-refractivity contribution >= 4 is 29.9 Å². The van der Waals surface area contributed by atoms with Crippen LogP contribution in [-0.4, -0.2) is 56.5 Å². The molecule has 4 rings (SSSR count). The minimum absolute atomic E-state index is 0. The second kappa shape index (κ2) is 12.7. The van der Waals surface area contributed by atoms with Crippen LogP contribution < -0.4 is 24.8 Å². The Hall–Kier alpha value is -2.20. The van der Waals surface area contributed by atoms with Crippen molar-refractivity contribution in [3.63, 3.8) is 0 Å². The van der Waals surface area contributed by atoms with E-state index in [2.05, 4.69) is 57.8 Å². The number of hydrogen-bond donors (Lipinski definition) is 2. The molecule has 1 fully saturated rings. The molecule has 0 atom stereocenters. The highest BCUT2D eigenvalue weighted by molar-refractivity contribution is 14.0. The van der Waals surface area contributed by atoms with Crippen molar-refractivity contribution in [2.75, 3.05) is 39.6 Å². The predicted molar refractivity (Wildman–Crippen MR) is 137 cm³/mol. The molecule has 0 aliphatic carbocycles. The van der Waals surface area contributed by atoms with Crippen molar-refractivity contribution in [1.29, 1.82) is 0 Å². The maximum atomic E-state index is 5.82. The van der Waals surface area contributed by atoms with Gasteiger partial charge in [0.1, 0.15) is 12.4 Å². The van der Waals surface area contributed by atoms with Crippen LogP contribution in [0.15, 0.2) is 53.5 Å². The number of fused-ring (bicyclic) bond motifs is 1. The smallest absolute Gasteiger partial charge is 0.231 e. The van der Waals surface area contributed by atoms with Gasteiger partial charge in [0.2, 0.25) is 6.79 Å². The van der Waals surface area contributed by atoms with Crippen molar-refractivity contribution < 1.29 is 14.2 Å². The molecule has 32 heavy (non-hydrogen) atoms. The summed E-state index contributed by atoms with van der Waals surface area (Å²) in [6.45, 7) is 7.50. The van der Waals surface area contributed by atoms with Crippen molar-refractivity contribution in [3.05, 3.63) is 54.1 Å². The summed E-state index contributed by atoms with van der Waals surface area (Å²) >= 11 is 0. The molecule has 0 saturated carbocycles. The van der Waals surface area contributed by atoms with Gasteiger partial charge in [0.05, 0.1) is 6.54 Å². The number of guanidine groups is 1. The Morgan fingerprint density at radius 2 is 1.88 bits per heavy atom. The Labute approximate surface area is 207 Å². The number of piperidine rings is 1. The highest BCUT2D eigenvalue weighted by Crippen LogP contribution is 2.35. The number of likely N-dealkylation sites (tertiary alicyclic amines) is 1. The number of nitrogens with one attached hydrogen (secondary N) is 2. The molecule has 2 aliphatic rings. The Morgan fingerprint density at radius 3 is 2.66 bits per heavy atom. The minimum atomic E-state index is 0. The van der Waals surface area contributed by atoms with E-state index in [4.69, 9.17) is 14.2 Å². The van der Waals surface area contributed by atoms with E-state index < -0.39 is 0 Å².